The number of amides is 1. The molecule has 2 N–H and O–H groups in total. The van der Waals surface area contributed by atoms with Crippen molar-refractivity contribution in [2.24, 2.45) is 0 Å². The molecular formula is C24H29ClN2O3. The van der Waals surface area contributed by atoms with E-state index in [9.17, 15) is 9.90 Å². The molecule has 4 rings (SSSR count). The van der Waals surface area contributed by atoms with Crippen LogP contribution in [0.3, 0.4) is 0 Å². The van der Waals surface area contributed by atoms with E-state index in [1.807, 2.05) is 18.2 Å². The van der Waals surface area contributed by atoms with E-state index < -0.39 is 0 Å². The highest BCUT2D eigenvalue weighted by atomic mass is 35.5. The molecule has 2 aromatic rings. The highest BCUT2D eigenvalue weighted by Gasteiger charge is 2.23. The Bertz CT molecular complexity index is 875. The Kier molecular flexibility index (Phi) is 6.80. The number of hydrogen-bond acceptors (Lipinski definition) is 4. The number of likely N-dealkylation sites (tertiary alicyclic amines) is 1. The number of phenols is 1. The Morgan fingerprint density at radius 2 is 1.83 bits per heavy atom. The van der Waals surface area contributed by atoms with Gasteiger partial charge in [0.2, 0.25) is 0 Å². The van der Waals surface area contributed by atoms with Gasteiger partial charge >= 0.3 is 0 Å². The number of phenolic OH excluding ortho intramolecular Hbond substituents is 1. The molecule has 5 nitrogen and oxygen atoms in total. The van der Waals surface area contributed by atoms with Gasteiger partial charge in [-0.15, -0.1) is 0 Å². The molecule has 0 atom stereocenters. The Morgan fingerprint density at radius 3 is 2.53 bits per heavy atom. The van der Waals surface area contributed by atoms with Gasteiger partial charge in [-0.3, -0.25) is 9.69 Å². The summed E-state index contributed by atoms with van der Waals surface area (Å²) in [6, 6.07) is 13.1. The largest absolute Gasteiger partial charge is 0.508 e. The summed E-state index contributed by atoms with van der Waals surface area (Å²) in [4.78, 5) is 14.8. The van der Waals surface area contributed by atoms with Crippen LogP contribution in [0.4, 0.5) is 0 Å². The zero-order valence-corrected chi connectivity index (χ0v) is 17.9. The van der Waals surface area contributed by atoms with Crippen LogP contribution in [-0.4, -0.2) is 41.1 Å². The van der Waals surface area contributed by atoms with E-state index in [0.29, 0.717) is 22.1 Å². The summed E-state index contributed by atoms with van der Waals surface area (Å²) in [5.41, 5.74) is 1.53. The fraction of sp³-hybridized carbons (Fsp3) is 0.458. The van der Waals surface area contributed by atoms with Crippen molar-refractivity contribution in [2.75, 3.05) is 13.1 Å². The monoisotopic (exact) mass is 428 g/mol. The van der Waals surface area contributed by atoms with E-state index in [-0.39, 0.29) is 18.1 Å². The highest BCUT2D eigenvalue weighted by Crippen LogP contribution is 2.29. The van der Waals surface area contributed by atoms with Gasteiger partial charge in [0.25, 0.3) is 5.91 Å². The van der Waals surface area contributed by atoms with Gasteiger partial charge in [-0.2, -0.15) is 0 Å². The van der Waals surface area contributed by atoms with Crippen molar-refractivity contribution in [1.82, 2.24) is 10.2 Å². The second kappa shape index (κ2) is 9.71. The molecule has 1 saturated carbocycles. The van der Waals surface area contributed by atoms with E-state index in [4.69, 9.17) is 16.3 Å². The third-order valence-corrected chi connectivity index (χ3v) is 6.39. The van der Waals surface area contributed by atoms with Crippen molar-refractivity contribution < 1.29 is 14.6 Å². The number of benzene rings is 2. The maximum Gasteiger partial charge on any atom is 0.251 e. The van der Waals surface area contributed by atoms with Gasteiger partial charge in [0.15, 0.2) is 0 Å². The lowest BCUT2D eigenvalue weighted by molar-refractivity contribution is 0.0936. The van der Waals surface area contributed by atoms with E-state index in [1.54, 1.807) is 24.3 Å². The number of carbonyl (C=O) groups is 1. The lowest BCUT2D eigenvalue weighted by Crippen LogP contribution is -2.37. The van der Waals surface area contributed by atoms with Gasteiger partial charge < -0.3 is 15.2 Å². The van der Waals surface area contributed by atoms with Crippen molar-refractivity contribution in [3.8, 4) is 11.5 Å². The lowest BCUT2D eigenvalue weighted by Gasteiger charge is -2.32. The van der Waals surface area contributed by atoms with Crippen LogP contribution in [0.2, 0.25) is 5.02 Å². The smallest absolute Gasteiger partial charge is 0.251 e. The Morgan fingerprint density at radius 1 is 1.10 bits per heavy atom. The number of ether oxygens (including phenoxy) is 1. The van der Waals surface area contributed by atoms with Crippen LogP contribution in [0, 0.1) is 0 Å². The highest BCUT2D eigenvalue weighted by molar-refractivity contribution is 6.32. The Hall–Kier alpha value is -2.24. The van der Waals surface area contributed by atoms with Crippen molar-refractivity contribution in [2.45, 2.75) is 57.2 Å². The number of halogens is 1. The first-order valence-electron chi connectivity index (χ1n) is 10.8. The van der Waals surface area contributed by atoms with Crippen LogP contribution in [0.15, 0.2) is 42.5 Å². The minimum Gasteiger partial charge on any atom is -0.508 e. The lowest BCUT2D eigenvalue weighted by atomic mass is 10.1. The number of hydrogen-bond donors (Lipinski definition) is 2. The van der Waals surface area contributed by atoms with Gasteiger partial charge in [-0.05, 0) is 49.9 Å². The summed E-state index contributed by atoms with van der Waals surface area (Å²) in [5.74, 6) is 0.917. The minimum atomic E-state index is -0.0622. The first kappa shape index (κ1) is 21.0. The van der Waals surface area contributed by atoms with Crippen LogP contribution in [0.5, 0.6) is 11.5 Å². The summed E-state index contributed by atoms with van der Waals surface area (Å²) in [5, 5.41) is 13.5. The van der Waals surface area contributed by atoms with E-state index >= 15 is 0 Å². The molecular weight excluding hydrogens is 400 g/mol. The molecule has 1 aliphatic carbocycles. The van der Waals surface area contributed by atoms with E-state index in [1.165, 1.54) is 12.8 Å². The molecule has 0 unspecified atom stereocenters. The SMILES string of the molecule is O=C(NC1CCCC1)c1ccc(OC2CCN(Cc3ccccc3O)CC2)c(Cl)c1. The van der Waals surface area contributed by atoms with Crippen LogP contribution >= 0.6 is 11.6 Å². The predicted octanol–water partition coefficient (Wildman–Crippen LogP) is 4.76. The second-order valence-electron chi connectivity index (χ2n) is 8.32. The van der Waals surface area contributed by atoms with Crippen molar-refractivity contribution in [3.63, 3.8) is 0 Å². The summed E-state index contributed by atoms with van der Waals surface area (Å²) in [6.07, 6.45) is 6.38. The maximum atomic E-state index is 12.4. The number of nitrogens with one attached hydrogen (secondary N) is 1. The standard InChI is InChI=1S/C24H29ClN2O3/c25-21-15-17(24(29)26-19-6-2-3-7-19)9-10-23(21)30-20-11-13-27(14-12-20)16-18-5-1-4-8-22(18)28/h1,4-5,8-10,15,19-20,28H,2-3,6-7,11-14,16H2,(H,26,29). The number of nitrogens with zero attached hydrogens (tertiary/aromatic N) is 1. The molecule has 1 saturated heterocycles. The average molecular weight is 429 g/mol. The fourth-order valence-corrected chi connectivity index (χ4v) is 4.55. The molecule has 160 valence electrons. The summed E-state index contributed by atoms with van der Waals surface area (Å²) >= 11 is 6.42. The molecule has 2 aliphatic rings. The van der Waals surface area contributed by atoms with Crippen LogP contribution in [-0.2, 0) is 6.54 Å². The zero-order chi connectivity index (χ0) is 20.9. The Balaban J connectivity index is 1.28. The number of rotatable bonds is 6. The topological polar surface area (TPSA) is 61.8 Å². The van der Waals surface area contributed by atoms with Gasteiger partial charge in [0.05, 0.1) is 5.02 Å². The predicted molar refractivity (Wildman–Crippen MR) is 118 cm³/mol. The molecule has 1 aliphatic heterocycles. The third-order valence-electron chi connectivity index (χ3n) is 6.10. The number of piperidine rings is 1. The quantitative estimate of drug-likeness (QED) is 0.696. The van der Waals surface area contributed by atoms with Gasteiger partial charge in [-0.1, -0.05) is 42.6 Å². The third kappa shape index (κ3) is 5.27. The van der Waals surface area contributed by atoms with Gasteiger partial charge in [-0.25, -0.2) is 0 Å². The van der Waals surface area contributed by atoms with Crippen molar-refractivity contribution in [1.29, 1.82) is 0 Å². The molecule has 0 radical (unpaired) electrons. The average Bonchev–Trinajstić information content (AvgIpc) is 3.25. The summed E-state index contributed by atoms with van der Waals surface area (Å²) in [6.45, 7) is 2.54. The number of para-hydroxylation sites is 1. The second-order valence-corrected chi connectivity index (χ2v) is 8.73. The minimum absolute atomic E-state index is 0.0622. The van der Waals surface area contributed by atoms with Gasteiger partial charge in [0.1, 0.15) is 17.6 Å². The fourth-order valence-electron chi connectivity index (χ4n) is 4.33. The first-order chi connectivity index (χ1) is 14.6. The molecule has 0 spiro atoms. The van der Waals surface area contributed by atoms with Crippen molar-refractivity contribution in [3.05, 3.63) is 58.6 Å². The van der Waals surface area contributed by atoms with Crippen LogP contribution in [0.25, 0.3) is 0 Å². The van der Waals surface area contributed by atoms with E-state index in [2.05, 4.69) is 10.2 Å². The molecule has 2 aromatic carbocycles. The van der Waals surface area contributed by atoms with Crippen LogP contribution < -0.4 is 10.1 Å². The van der Waals surface area contributed by atoms with Gasteiger partial charge in [0, 0.05) is 36.8 Å². The summed E-state index contributed by atoms with van der Waals surface area (Å²) < 4.78 is 6.14. The van der Waals surface area contributed by atoms with Crippen molar-refractivity contribution >= 4 is 17.5 Å². The zero-order valence-electron chi connectivity index (χ0n) is 17.1. The molecule has 0 aromatic heterocycles. The molecule has 1 heterocycles. The molecule has 0 bridgehead atoms. The Labute approximate surface area is 183 Å². The molecule has 1 amide bonds. The normalized spacial score (nSPS) is 18.4. The number of aromatic hydroxyl groups is 1. The molecule has 2 fully saturated rings. The maximum absolute atomic E-state index is 12.4. The summed E-state index contributed by atoms with van der Waals surface area (Å²) in [7, 11) is 0. The molecule has 30 heavy (non-hydrogen) atoms. The first-order valence-corrected chi connectivity index (χ1v) is 11.2. The van der Waals surface area contributed by atoms with Crippen LogP contribution in [0.1, 0.15) is 54.4 Å². The molecule has 6 heteroatoms. The number of carbonyl (C=O) groups excluding carboxylic acids is 1. The van der Waals surface area contributed by atoms with E-state index in [0.717, 1.165) is 50.9 Å².